The van der Waals surface area contributed by atoms with E-state index < -0.39 is 0 Å². The highest BCUT2D eigenvalue weighted by molar-refractivity contribution is 7.99. The number of hydrogen-bond donors (Lipinski definition) is 1. The van der Waals surface area contributed by atoms with Gasteiger partial charge in [-0.05, 0) is 30.3 Å². The van der Waals surface area contributed by atoms with Gasteiger partial charge in [-0.2, -0.15) is 0 Å². The Morgan fingerprint density at radius 1 is 1.16 bits per heavy atom. The monoisotopic (exact) mass is 483 g/mol. The second-order valence-electron chi connectivity index (χ2n) is 6.61. The molecule has 0 aliphatic rings. The van der Waals surface area contributed by atoms with Crippen LogP contribution in [-0.4, -0.2) is 45.5 Å². The van der Waals surface area contributed by atoms with Crippen LogP contribution in [-0.2, 0) is 4.79 Å². The highest BCUT2D eigenvalue weighted by atomic mass is 32.2. The van der Waals surface area contributed by atoms with Gasteiger partial charge in [0.25, 0.3) is 0 Å². The molecule has 0 fully saturated rings. The number of methoxy groups -OCH3 is 2. The first kappa shape index (κ1) is 20.7. The highest BCUT2D eigenvalue weighted by Crippen LogP contribution is 2.35. The summed E-state index contributed by atoms with van der Waals surface area (Å²) >= 11 is 4.27. The largest absolute Gasteiger partial charge is 0.497 e. The predicted molar refractivity (Wildman–Crippen MR) is 128 cm³/mol. The molecule has 8 nitrogen and oxygen atoms in total. The molecule has 1 N–H and O–H groups in total. The molecule has 11 heteroatoms. The van der Waals surface area contributed by atoms with Crippen LogP contribution >= 0.6 is 34.4 Å². The van der Waals surface area contributed by atoms with Crippen LogP contribution in [0.25, 0.3) is 26.4 Å². The first-order valence-corrected chi connectivity index (χ1v) is 12.2. The zero-order valence-corrected chi connectivity index (χ0v) is 19.5. The van der Waals surface area contributed by atoms with Crippen molar-refractivity contribution in [3.05, 3.63) is 47.8 Å². The zero-order chi connectivity index (χ0) is 22.1. The Morgan fingerprint density at radius 3 is 2.88 bits per heavy atom. The van der Waals surface area contributed by atoms with Gasteiger partial charge in [-0.1, -0.05) is 35.2 Å². The summed E-state index contributed by atoms with van der Waals surface area (Å²) in [4.78, 5) is 17.9. The van der Waals surface area contributed by atoms with Crippen molar-refractivity contribution in [3.63, 3.8) is 0 Å². The molecule has 0 saturated heterocycles. The molecular weight excluding hydrogens is 466 g/mol. The lowest BCUT2D eigenvalue weighted by Gasteiger charge is -2.08. The third kappa shape index (κ3) is 3.90. The fourth-order valence-electron chi connectivity index (χ4n) is 3.20. The topological polar surface area (TPSA) is 90.6 Å². The molecular formula is C21H17N5O3S3. The predicted octanol–water partition coefficient (Wildman–Crippen LogP) is 4.82. The van der Waals surface area contributed by atoms with E-state index in [2.05, 4.69) is 20.5 Å². The van der Waals surface area contributed by atoms with Crippen LogP contribution in [0.3, 0.4) is 0 Å². The number of anilines is 1. The number of carbonyl (C=O) groups excluding carboxylic acids is 1. The summed E-state index contributed by atoms with van der Waals surface area (Å²) < 4.78 is 13.8. The first-order chi connectivity index (χ1) is 15.7. The summed E-state index contributed by atoms with van der Waals surface area (Å²) in [5.41, 5.74) is 2.54. The van der Waals surface area contributed by atoms with Crippen molar-refractivity contribution in [2.24, 2.45) is 0 Å². The van der Waals surface area contributed by atoms with Crippen LogP contribution in [0.1, 0.15) is 0 Å². The second kappa shape index (κ2) is 8.77. The van der Waals surface area contributed by atoms with Crippen molar-refractivity contribution in [1.29, 1.82) is 0 Å². The molecule has 0 aliphatic carbocycles. The van der Waals surface area contributed by atoms with Gasteiger partial charge in [0.1, 0.15) is 11.5 Å². The Hall–Kier alpha value is -3.15. The fourth-order valence-corrected chi connectivity index (χ4v) is 5.70. The van der Waals surface area contributed by atoms with Crippen LogP contribution in [0.2, 0.25) is 0 Å². The quantitative estimate of drug-likeness (QED) is 0.332. The molecule has 1 amide bonds. The summed E-state index contributed by atoms with van der Waals surface area (Å²) in [6.45, 7) is 0. The summed E-state index contributed by atoms with van der Waals surface area (Å²) in [5, 5.41) is 14.4. The van der Waals surface area contributed by atoms with Crippen molar-refractivity contribution >= 4 is 60.7 Å². The molecule has 0 atom stereocenters. The molecule has 5 rings (SSSR count). The summed E-state index contributed by atoms with van der Waals surface area (Å²) in [7, 11) is 3.22. The van der Waals surface area contributed by atoms with Crippen molar-refractivity contribution in [2.45, 2.75) is 5.16 Å². The summed E-state index contributed by atoms with van der Waals surface area (Å²) in [6, 6.07) is 13.6. The average Bonchev–Trinajstić information content (AvgIpc) is 3.53. The second-order valence-corrected chi connectivity index (χ2v) is 9.42. The summed E-state index contributed by atoms with van der Waals surface area (Å²) in [6.07, 6.45) is 0. The highest BCUT2D eigenvalue weighted by Gasteiger charge is 2.16. The van der Waals surface area contributed by atoms with Crippen molar-refractivity contribution in [1.82, 2.24) is 19.6 Å². The Bertz CT molecular complexity index is 1420. The standard InChI is InChI=1S/C21H17N5O3S3/c1-28-12-7-8-16(29-2)13(9-12)14-10-30-19(22-14)23-18(27)11-31-20-24-25-21-26(20)15-5-3-4-6-17(15)32-21/h3-10H,11H2,1-2H3,(H,22,23,27). The van der Waals surface area contributed by atoms with Gasteiger partial charge in [0.15, 0.2) is 10.3 Å². The van der Waals surface area contributed by atoms with E-state index in [-0.39, 0.29) is 11.7 Å². The molecule has 2 aromatic carbocycles. The van der Waals surface area contributed by atoms with Gasteiger partial charge < -0.3 is 14.8 Å². The number of hydrogen-bond acceptors (Lipinski definition) is 9. The SMILES string of the molecule is COc1ccc(OC)c(-c2csc(NC(=O)CSc3nnc4sc5ccccc5n34)n2)c1. The lowest BCUT2D eigenvalue weighted by atomic mass is 10.1. The Balaban J connectivity index is 1.29. The normalized spacial score (nSPS) is 11.2. The Labute approximate surface area is 195 Å². The molecule has 0 bridgehead atoms. The van der Waals surface area contributed by atoms with E-state index in [1.165, 1.54) is 23.1 Å². The number of benzene rings is 2. The number of aromatic nitrogens is 4. The Kier molecular flexibility index (Phi) is 5.68. The van der Waals surface area contributed by atoms with Crippen molar-refractivity contribution in [3.8, 4) is 22.8 Å². The molecule has 0 unspecified atom stereocenters. The number of thioether (sulfide) groups is 1. The maximum Gasteiger partial charge on any atom is 0.236 e. The smallest absolute Gasteiger partial charge is 0.236 e. The number of amides is 1. The molecule has 0 aliphatic heterocycles. The lowest BCUT2D eigenvalue weighted by Crippen LogP contribution is -2.14. The molecule has 0 radical (unpaired) electrons. The number of para-hydroxylation sites is 1. The third-order valence-electron chi connectivity index (χ3n) is 4.68. The third-order valence-corrected chi connectivity index (χ3v) is 7.38. The van der Waals surface area contributed by atoms with Gasteiger partial charge in [0.05, 0.1) is 35.9 Å². The zero-order valence-electron chi connectivity index (χ0n) is 17.1. The number of fused-ring (bicyclic) bond motifs is 3. The number of carbonyl (C=O) groups is 1. The van der Waals surface area contributed by atoms with E-state index in [0.29, 0.717) is 27.5 Å². The minimum absolute atomic E-state index is 0.162. The number of nitrogens with one attached hydrogen (secondary N) is 1. The minimum Gasteiger partial charge on any atom is -0.497 e. The first-order valence-electron chi connectivity index (χ1n) is 9.49. The van der Waals surface area contributed by atoms with E-state index in [1.54, 1.807) is 25.6 Å². The van der Waals surface area contributed by atoms with Gasteiger partial charge in [-0.25, -0.2) is 4.98 Å². The van der Waals surface area contributed by atoms with Gasteiger partial charge in [0, 0.05) is 10.9 Å². The van der Waals surface area contributed by atoms with E-state index >= 15 is 0 Å². The number of rotatable bonds is 7. The molecule has 3 heterocycles. The molecule has 32 heavy (non-hydrogen) atoms. The van der Waals surface area contributed by atoms with Gasteiger partial charge in [-0.15, -0.1) is 21.5 Å². The van der Waals surface area contributed by atoms with Crippen LogP contribution in [0.4, 0.5) is 5.13 Å². The van der Waals surface area contributed by atoms with Crippen LogP contribution in [0, 0.1) is 0 Å². The maximum absolute atomic E-state index is 12.6. The van der Waals surface area contributed by atoms with E-state index in [9.17, 15) is 4.79 Å². The lowest BCUT2D eigenvalue weighted by molar-refractivity contribution is -0.113. The fraction of sp³-hybridized carbons (Fsp3) is 0.143. The van der Waals surface area contributed by atoms with Crippen LogP contribution in [0.5, 0.6) is 11.5 Å². The number of ether oxygens (including phenoxy) is 2. The van der Waals surface area contributed by atoms with Gasteiger partial charge in [0.2, 0.25) is 10.9 Å². The van der Waals surface area contributed by atoms with Crippen LogP contribution < -0.4 is 14.8 Å². The van der Waals surface area contributed by atoms with E-state index in [4.69, 9.17) is 9.47 Å². The number of thiazole rings is 2. The molecule has 0 spiro atoms. The van der Waals surface area contributed by atoms with Crippen molar-refractivity contribution in [2.75, 3.05) is 25.3 Å². The van der Waals surface area contributed by atoms with E-state index in [1.807, 2.05) is 52.2 Å². The minimum atomic E-state index is -0.162. The van der Waals surface area contributed by atoms with Gasteiger partial charge in [-0.3, -0.25) is 9.20 Å². The molecule has 162 valence electrons. The molecule has 0 saturated carbocycles. The van der Waals surface area contributed by atoms with Crippen molar-refractivity contribution < 1.29 is 14.3 Å². The molecule has 3 aromatic heterocycles. The van der Waals surface area contributed by atoms with Gasteiger partial charge >= 0.3 is 0 Å². The van der Waals surface area contributed by atoms with Crippen LogP contribution in [0.15, 0.2) is 53.0 Å². The Morgan fingerprint density at radius 2 is 2.03 bits per heavy atom. The molecule has 5 aromatic rings. The average molecular weight is 484 g/mol. The summed E-state index contributed by atoms with van der Waals surface area (Å²) in [5.74, 6) is 1.42. The maximum atomic E-state index is 12.6. The number of nitrogens with zero attached hydrogens (tertiary/aromatic N) is 4. The van der Waals surface area contributed by atoms with E-state index in [0.717, 1.165) is 20.7 Å².